The van der Waals surface area contributed by atoms with Gasteiger partial charge in [0.05, 0.1) is 0 Å². The molecule has 0 heterocycles. The molecular weight excluding hydrogens is 436 g/mol. The zero-order valence-corrected chi connectivity index (χ0v) is 19.7. The number of nitrogens with one attached hydrogen (secondary N) is 1. The standard InChI is InChI=1S/C27H29ClN2O3/c1-3-20-13-15-23(16-14-20)33-19-26(31)30(18-22-11-7-8-12-24(22)28)25(27(32)29-2)17-21-9-5-4-6-10-21/h4-16,25H,3,17-19H2,1-2H3,(H,29,32). The Morgan fingerprint density at radius 2 is 1.61 bits per heavy atom. The molecular formula is C27H29ClN2O3. The molecule has 33 heavy (non-hydrogen) atoms. The Morgan fingerprint density at radius 1 is 0.939 bits per heavy atom. The minimum atomic E-state index is -0.716. The molecule has 1 unspecified atom stereocenters. The summed E-state index contributed by atoms with van der Waals surface area (Å²) in [6, 6.07) is 23.9. The first-order chi connectivity index (χ1) is 16.0. The van der Waals surface area contributed by atoms with Crippen LogP contribution in [0.2, 0.25) is 5.02 Å². The van der Waals surface area contributed by atoms with Crippen molar-refractivity contribution in [3.63, 3.8) is 0 Å². The Balaban J connectivity index is 1.86. The Morgan fingerprint density at radius 3 is 2.24 bits per heavy atom. The zero-order valence-electron chi connectivity index (χ0n) is 19.0. The summed E-state index contributed by atoms with van der Waals surface area (Å²) >= 11 is 6.38. The van der Waals surface area contributed by atoms with Crippen LogP contribution in [0.1, 0.15) is 23.6 Å². The van der Waals surface area contributed by atoms with Crippen LogP contribution in [0.4, 0.5) is 0 Å². The maximum absolute atomic E-state index is 13.4. The summed E-state index contributed by atoms with van der Waals surface area (Å²) in [5, 5.41) is 3.24. The van der Waals surface area contributed by atoms with E-state index in [1.54, 1.807) is 18.0 Å². The van der Waals surface area contributed by atoms with Crippen LogP contribution in [0.5, 0.6) is 5.75 Å². The minimum Gasteiger partial charge on any atom is -0.484 e. The average Bonchev–Trinajstić information content (AvgIpc) is 2.86. The minimum absolute atomic E-state index is 0.182. The number of benzene rings is 3. The van der Waals surface area contributed by atoms with Crippen LogP contribution < -0.4 is 10.1 Å². The van der Waals surface area contributed by atoms with Gasteiger partial charge in [-0.25, -0.2) is 0 Å². The fraction of sp³-hybridized carbons (Fsp3) is 0.259. The highest BCUT2D eigenvalue weighted by Gasteiger charge is 2.30. The summed E-state index contributed by atoms with van der Waals surface area (Å²) < 4.78 is 5.77. The van der Waals surface area contributed by atoms with E-state index in [4.69, 9.17) is 16.3 Å². The number of carbonyl (C=O) groups excluding carboxylic acids is 2. The number of halogens is 1. The molecule has 1 N–H and O–H groups in total. The van der Waals surface area contributed by atoms with E-state index < -0.39 is 6.04 Å². The van der Waals surface area contributed by atoms with Crippen molar-refractivity contribution in [3.05, 3.63) is 101 Å². The third-order valence-corrected chi connectivity index (χ3v) is 5.88. The van der Waals surface area contributed by atoms with Gasteiger partial charge < -0.3 is 15.0 Å². The molecule has 0 aliphatic rings. The van der Waals surface area contributed by atoms with Crippen molar-refractivity contribution >= 4 is 23.4 Å². The molecule has 0 radical (unpaired) electrons. The largest absolute Gasteiger partial charge is 0.484 e. The van der Waals surface area contributed by atoms with Gasteiger partial charge in [-0.2, -0.15) is 0 Å². The first-order valence-electron chi connectivity index (χ1n) is 11.0. The van der Waals surface area contributed by atoms with Crippen LogP contribution >= 0.6 is 11.6 Å². The van der Waals surface area contributed by atoms with Crippen LogP contribution in [-0.4, -0.2) is 36.4 Å². The lowest BCUT2D eigenvalue weighted by atomic mass is 10.0. The van der Waals surface area contributed by atoms with E-state index in [-0.39, 0.29) is 25.0 Å². The van der Waals surface area contributed by atoms with E-state index in [1.165, 1.54) is 5.56 Å². The van der Waals surface area contributed by atoms with Gasteiger partial charge in [-0.1, -0.05) is 79.2 Å². The van der Waals surface area contributed by atoms with Crippen LogP contribution in [0.25, 0.3) is 0 Å². The molecule has 0 aliphatic heterocycles. The molecule has 3 rings (SSSR count). The molecule has 6 heteroatoms. The maximum atomic E-state index is 13.4. The highest BCUT2D eigenvalue weighted by Crippen LogP contribution is 2.21. The number of aryl methyl sites for hydroxylation is 1. The normalized spacial score (nSPS) is 11.5. The Kier molecular flexibility index (Phi) is 8.90. The van der Waals surface area contributed by atoms with Crippen LogP contribution in [-0.2, 0) is 29.0 Å². The molecule has 0 fully saturated rings. The molecule has 0 aliphatic carbocycles. The summed E-state index contributed by atoms with van der Waals surface area (Å²) in [5.41, 5.74) is 2.91. The fourth-order valence-electron chi connectivity index (χ4n) is 3.58. The predicted octanol–water partition coefficient (Wildman–Crippen LogP) is 4.67. The molecule has 172 valence electrons. The number of nitrogens with zero attached hydrogens (tertiary/aromatic N) is 1. The highest BCUT2D eigenvalue weighted by molar-refractivity contribution is 6.31. The fourth-order valence-corrected chi connectivity index (χ4v) is 3.78. The van der Waals surface area contributed by atoms with E-state index >= 15 is 0 Å². The van der Waals surface area contributed by atoms with Gasteiger partial charge in [-0.05, 0) is 41.3 Å². The molecule has 2 amide bonds. The van der Waals surface area contributed by atoms with Crippen LogP contribution in [0.15, 0.2) is 78.9 Å². The van der Waals surface area contributed by atoms with Crippen molar-refractivity contribution in [2.45, 2.75) is 32.4 Å². The van der Waals surface area contributed by atoms with Crippen molar-refractivity contribution in [3.8, 4) is 5.75 Å². The number of likely N-dealkylation sites (N-methyl/N-ethyl adjacent to an activating group) is 1. The van der Waals surface area contributed by atoms with Crippen molar-refractivity contribution < 1.29 is 14.3 Å². The Labute approximate surface area is 200 Å². The van der Waals surface area contributed by atoms with Gasteiger partial charge in [0, 0.05) is 25.0 Å². The lowest BCUT2D eigenvalue weighted by molar-refractivity contribution is -0.142. The number of rotatable bonds is 10. The van der Waals surface area contributed by atoms with Gasteiger partial charge in [-0.15, -0.1) is 0 Å². The molecule has 3 aromatic rings. The van der Waals surface area contributed by atoms with Gasteiger partial charge in [0.25, 0.3) is 5.91 Å². The quantitative estimate of drug-likeness (QED) is 0.474. The number of hydrogen-bond acceptors (Lipinski definition) is 3. The first kappa shape index (κ1) is 24.3. The van der Waals surface area contributed by atoms with Gasteiger partial charge in [-0.3, -0.25) is 9.59 Å². The van der Waals surface area contributed by atoms with Crippen molar-refractivity contribution in [2.75, 3.05) is 13.7 Å². The van der Waals surface area contributed by atoms with E-state index in [0.717, 1.165) is 17.5 Å². The first-order valence-corrected chi connectivity index (χ1v) is 11.4. The Hall–Kier alpha value is -3.31. The summed E-state index contributed by atoms with van der Waals surface area (Å²) in [5.74, 6) is 0.0726. The highest BCUT2D eigenvalue weighted by atomic mass is 35.5. The molecule has 5 nitrogen and oxygen atoms in total. The molecule has 0 bridgehead atoms. The molecule has 0 saturated heterocycles. The van der Waals surface area contributed by atoms with E-state index in [9.17, 15) is 9.59 Å². The number of amides is 2. The predicted molar refractivity (Wildman–Crippen MR) is 131 cm³/mol. The van der Waals surface area contributed by atoms with E-state index in [0.29, 0.717) is 17.2 Å². The van der Waals surface area contributed by atoms with E-state index in [2.05, 4.69) is 12.2 Å². The molecule has 3 aromatic carbocycles. The molecule has 0 saturated carbocycles. The second-order valence-corrected chi connectivity index (χ2v) is 8.13. The smallest absolute Gasteiger partial charge is 0.261 e. The lowest BCUT2D eigenvalue weighted by Gasteiger charge is -2.31. The second kappa shape index (κ2) is 12.1. The number of ether oxygens (including phenoxy) is 1. The number of carbonyl (C=O) groups is 2. The molecule has 0 spiro atoms. The summed E-state index contributed by atoms with van der Waals surface area (Å²) in [6.07, 6.45) is 1.31. The van der Waals surface area contributed by atoms with Crippen LogP contribution in [0, 0.1) is 0 Å². The van der Waals surface area contributed by atoms with Gasteiger partial charge in [0.1, 0.15) is 11.8 Å². The monoisotopic (exact) mass is 464 g/mol. The summed E-state index contributed by atoms with van der Waals surface area (Å²) in [7, 11) is 1.57. The van der Waals surface area contributed by atoms with Gasteiger partial charge in [0.2, 0.25) is 5.91 Å². The summed E-state index contributed by atoms with van der Waals surface area (Å²) in [6.45, 7) is 2.09. The van der Waals surface area contributed by atoms with Gasteiger partial charge >= 0.3 is 0 Å². The maximum Gasteiger partial charge on any atom is 0.261 e. The van der Waals surface area contributed by atoms with Crippen molar-refractivity contribution in [1.29, 1.82) is 0 Å². The third kappa shape index (κ3) is 6.83. The Bertz CT molecular complexity index is 1050. The van der Waals surface area contributed by atoms with E-state index in [1.807, 2.05) is 72.8 Å². The lowest BCUT2D eigenvalue weighted by Crippen LogP contribution is -2.51. The molecule has 0 aromatic heterocycles. The number of hydrogen-bond donors (Lipinski definition) is 1. The zero-order chi connectivity index (χ0) is 23.6. The van der Waals surface area contributed by atoms with Crippen LogP contribution in [0.3, 0.4) is 0 Å². The second-order valence-electron chi connectivity index (χ2n) is 7.72. The molecule has 1 atom stereocenters. The van der Waals surface area contributed by atoms with Crippen molar-refractivity contribution in [1.82, 2.24) is 10.2 Å². The van der Waals surface area contributed by atoms with Crippen molar-refractivity contribution in [2.24, 2.45) is 0 Å². The SMILES string of the molecule is CCc1ccc(OCC(=O)N(Cc2ccccc2Cl)C(Cc2ccccc2)C(=O)NC)cc1. The topological polar surface area (TPSA) is 58.6 Å². The third-order valence-electron chi connectivity index (χ3n) is 5.51. The van der Waals surface area contributed by atoms with Gasteiger partial charge in [0.15, 0.2) is 6.61 Å². The summed E-state index contributed by atoms with van der Waals surface area (Å²) in [4.78, 5) is 27.8. The average molecular weight is 465 g/mol.